The number of piperazine rings is 1. The molecule has 3 fully saturated rings. The summed E-state index contributed by atoms with van der Waals surface area (Å²) in [7, 11) is 0. The number of fused-ring (bicyclic) bond motifs is 1. The average Bonchev–Trinajstić information content (AvgIpc) is 3.07. The lowest BCUT2D eigenvalue weighted by Gasteiger charge is -2.39. The highest BCUT2D eigenvalue weighted by Gasteiger charge is 2.44. The molecule has 2 N–H and O–H groups in total. The SMILES string of the molecule is O=C(NC1(C(=O)O)CCCC1)N1CCN2C(=O)CCC2C1. The standard InChI is InChI=1S/C14H21N3O4/c18-11-4-3-10-9-16(7-8-17(10)11)13(21)15-14(12(19)20)5-1-2-6-14/h10H,1-9H2,(H,15,21)(H,19,20). The predicted octanol–water partition coefficient (Wildman–Crippen LogP) is 0.400. The van der Waals surface area contributed by atoms with Gasteiger partial charge in [-0.25, -0.2) is 9.59 Å². The van der Waals surface area contributed by atoms with Gasteiger partial charge in [0.15, 0.2) is 0 Å². The Kier molecular flexibility index (Phi) is 3.51. The quantitative estimate of drug-likeness (QED) is 0.771. The zero-order chi connectivity index (χ0) is 15.0. The van der Waals surface area contributed by atoms with Crippen molar-refractivity contribution < 1.29 is 19.5 Å². The van der Waals surface area contributed by atoms with Crippen molar-refractivity contribution in [3.8, 4) is 0 Å². The fraction of sp³-hybridized carbons (Fsp3) is 0.786. The number of hydrogen-bond acceptors (Lipinski definition) is 3. The number of rotatable bonds is 2. The number of carbonyl (C=O) groups is 3. The average molecular weight is 295 g/mol. The first-order chi connectivity index (χ1) is 10.0. The van der Waals surface area contributed by atoms with Gasteiger partial charge in [-0.15, -0.1) is 0 Å². The van der Waals surface area contributed by atoms with Gasteiger partial charge in [0.25, 0.3) is 0 Å². The topological polar surface area (TPSA) is 89.9 Å². The van der Waals surface area contributed by atoms with Crippen molar-refractivity contribution in [2.24, 2.45) is 0 Å². The Labute approximate surface area is 123 Å². The summed E-state index contributed by atoms with van der Waals surface area (Å²) in [5.41, 5.74) is -1.10. The molecule has 1 atom stereocenters. The first-order valence-electron chi connectivity index (χ1n) is 7.62. The summed E-state index contributed by atoms with van der Waals surface area (Å²) in [5.74, 6) is -0.777. The first-order valence-corrected chi connectivity index (χ1v) is 7.62. The summed E-state index contributed by atoms with van der Waals surface area (Å²) in [6.07, 6.45) is 3.99. The summed E-state index contributed by atoms with van der Waals surface area (Å²) < 4.78 is 0. The molecule has 2 heterocycles. The smallest absolute Gasteiger partial charge is 0.329 e. The third kappa shape index (κ3) is 2.45. The van der Waals surface area contributed by atoms with E-state index >= 15 is 0 Å². The largest absolute Gasteiger partial charge is 0.480 e. The van der Waals surface area contributed by atoms with E-state index in [4.69, 9.17) is 0 Å². The fourth-order valence-electron chi connectivity index (χ4n) is 3.70. The highest BCUT2D eigenvalue weighted by Crippen LogP contribution is 2.30. The molecule has 1 unspecified atom stereocenters. The van der Waals surface area contributed by atoms with Crippen molar-refractivity contribution in [2.45, 2.75) is 50.1 Å². The maximum absolute atomic E-state index is 12.4. The van der Waals surface area contributed by atoms with E-state index in [1.807, 2.05) is 4.90 Å². The van der Waals surface area contributed by atoms with E-state index in [1.165, 1.54) is 0 Å². The van der Waals surface area contributed by atoms with Crippen molar-refractivity contribution in [2.75, 3.05) is 19.6 Å². The molecular formula is C14H21N3O4. The minimum absolute atomic E-state index is 0.0985. The lowest BCUT2D eigenvalue weighted by Crippen LogP contribution is -2.60. The minimum atomic E-state index is -1.10. The minimum Gasteiger partial charge on any atom is -0.480 e. The number of amides is 3. The molecule has 0 aromatic carbocycles. The van der Waals surface area contributed by atoms with Crippen LogP contribution in [-0.4, -0.2) is 64.0 Å². The van der Waals surface area contributed by atoms with Crippen LogP contribution in [0.25, 0.3) is 0 Å². The van der Waals surface area contributed by atoms with Crippen LogP contribution in [0.1, 0.15) is 38.5 Å². The van der Waals surface area contributed by atoms with Crippen molar-refractivity contribution in [3.05, 3.63) is 0 Å². The number of carbonyl (C=O) groups excluding carboxylic acids is 2. The Bertz CT molecular complexity index is 473. The lowest BCUT2D eigenvalue weighted by atomic mass is 9.98. The molecule has 7 heteroatoms. The molecule has 0 radical (unpaired) electrons. The van der Waals surface area contributed by atoms with E-state index in [2.05, 4.69) is 5.32 Å². The number of carboxylic acids is 1. The van der Waals surface area contributed by atoms with Crippen molar-refractivity contribution >= 4 is 17.9 Å². The van der Waals surface area contributed by atoms with Gasteiger partial charge in [0.05, 0.1) is 0 Å². The Morgan fingerprint density at radius 3 is 2.62 bits per heavy atom. The lowest BCUT2D eigenvalue weighted by molar-refractivity contribution is -0.144. The molecule has 0 aromatic heterocycles. The van der Waals surface area contributed by atoms with Crippen LogP contribution in [0.3, 0.4) is 0 Å². The van der Waals surface area contributed by atoms with E-state index in [1.54, 1.807) is 4.90 Å². The second-order valence-corrected chi connectivity index (χ2v) is 6.25. The predicted molar refractivity (Wildman–Crippen MR) is 73.7 cm³/mol. The van der Waals surface area contributed by atoms with E-state index < -0.39 is 11.5 Å². The maximum atomic E-state index is 12.4. The van der Waals surface area contributed by atoms with Gasteiger partial charge in [-0.2, -0.15) is 0 Å². The maximum Gasteiger partial charge on any atom is 0.329 e. The van der Waals surface area contributed by atoms with E-state index in [-0.39, 0.29) is 18.0 Å². The van der Waals surface area contributed by atoms with E-state index in [9.17, 15) is 19.5 Å². The third-order valence-electron chi connectivity index (χ3n) is 4.99. The molecule has 2 aliphatic heterocycles. The van der Waals surface area contributed by atoms with Gasteiger partial charge in [-0.1, -0.05) is 12.8 Å². The van der Waals surface area contributed by atoms with Gasteiger partial charge in [0, 0.05) is 32.1 Å². The number of hydrogen-bond donors (Lipinski definition) is 2. The van der Waals surface area contributed by atoms with Crippen LogP contribution in [-0.2, 0) is 9.59 Å². The number of aliphatic carboxylic acids is 1. The molecule has 0 spiro atoms. The summed E-state index contributed by atoms with van der Waals surface area (Å²) in [4.78, 5) is 39.0. The van der Waals surface area contributed by atoms with E-state index in [0.29, 0.717) is 38.9 Å². The first kappa shape index (κ1) is 14.2. The van der Waals surface area contributed by atoms with Gasteiger partial charge in [-0.3, -0.25) is 4.79 Å². The van der Waals surface area contributed by atoms with Crippen LogP contribution in [0.4, 0.5) is 4.79 Å². The molecule has 0 bridgehead atoms. The van der Waals surface area contributed by atoms with E-state index in [0.717, 1.165) is 19.3 Å². The normalized spacial score (nSPS) is 27.6. The monoisotopic (exact) mass is 295 g/mol. The molecule has 0 aromatic rings. The van der Waals surface area contributed by atoms with Gasteiger partial charge >= 0.3 is 12.0 Å². The fourth-order valence-corrected chi connectivity index (χ4v) is 3.70. The third-order valence-corrected chi connectivity index (χ3v) is 4.99. The molecule has 7 nitrogen and oxygen atoms in total. The zero-order valence-electron chi connectivity index (χ0n) is 12.0. The number of nitrogens with one attached hydrogen (secondary N) is 1. The van der Waals surface area contributed by atoms with Gasteiger partial charge in [-0.05, 0) is 19.3 Å². The molecule has 3 rings (SSSR count). The molecule has 3 amide bonds. The van der Waals surface area contributed by atoms with Crippen LogP contribution in [0, 0.1) is 0 Å². The molecular weight excluding hydrogens is 274 g/mol. The second-order valence-electron chi connectivity index (χ2n) is 6.25. The van der Waals surface area contributed by atoms with Gasteiger partial charge < -0.3 is 20.2 Å². The Morgan fingerprint density at radius 1 is 1.24 bits per heavy atom. The molecule has 21 heavy (non-hydrogen) atoms. The summed E-state index contributed by atoms with van der Waals surface area (Å²) in [6.45, 7) is 1.54. The Morgan fingerprint density at radius 2 is 1.95 bits per heavy atom. The molecule has 3 aliphatic rings. The van der Waals surface area contributed by atoms with Crippen LogP contribution in [0.2, 0.25) is 0 Å². The highest BCUT2D eigenvalue weighted by molar-refractivity contribution is 5.87. The van der Waals surface area contributed by atoms with Crippen LogP contribution >= 0.6 is 0 Å². The number of nitrogens with zero attached hydrogens (tertiary/aromatic N) is 2. The molecule has 116 valence electrons. The Balaban J connectivity index is 1.63. The van der Waals surface area contributed by atoms with Gasteiger partial charge in [0.2, 0.25) is 5.91 Å². The molecule has 2 saturated heterocycles. The second kappa shape index (κ2) is 5.20. The summed E-state index contributed by atoms with van der Waals surface area (Å²) in [6, 6.07) is -0.209. The Hall–Kier alpha value is -1.79. The number of urea groups is 1. The van der Waals surface area contributed by atoms with Crippen LogP contribution in [0.15, 0.2) is 0 Å². The molecule has 1 aliphatic carbocycles. The van der Waals surface area contributed by atoms with Crippen molar-refractivity contribution in [1.82, 2.24) is 15.1 Å². The molecule has 1 saturated carbocycles. The zero-order valence-corrected chi connectivity index (χ0v) is 12.0. The summed E-state index contributed by atoms with van der Waals surface area (Å²) in [5, 5.41) is 12.1. The number of carboxylic acid groups (broad SMARTS) is 1. The van der Waals surface area contributed by atoms with Crippen LogP contribution in [0.5, 0.6) is 0 Å². The van der Waals surface area contributed by atoms with Crippen molar-refractivity contribution in [1.29, 1.82) is 0 Å². The van der Waals surface area contributed by atoms with Crippen LogP contribution < -0.4 is 5.32 Å². The highest BCUT2D eigenvalue weighted by atomic mass is 16.4. The summed E-state index contributed by atoms with van der Waals surface area (Å²) >= 11 is 0. The van der Waals surface area contributed by atoms with Crippen molar-refractivity contribution in [3.63, 3.8) is 0 Å². The van der Waals surface area contributed by atoms with Gasteiger partial charge in [0.1, 0.15) is 5.54 Å².